The maximum absolute atomic E-state index is 11.6. The van der Waals surface area contributed by atoms with Gasteiger partial charge in [-0.25, -0.2) is 4.79 Å². The second-order valence-electron chi connectivity index (χ2n) is 4.46. The molecule has 112 valence electrons. The van der Waals surface area contributed by atoms with E-state index in [1.54, 1.807) is 25.1 Å². The lowest BCUT2D eigenvalue weighted by Gasteiger charge is -2.10. The SMILES string of the molecule is Cc1cc(NC(=O)NCCOc2ccc(Cl)cc2C)no1. The van der Waals surface area contributed by atoms with Crippen molar-refractivity contribution in [3.63, 3.8) is 0 Å². The predicted octanol–water partition coefficient (Wildman–Crippen LogP) is 3.15. The zero-order chi connectivity index (χ0) is 15.2. The number of nitrogens with zero attached hydrogens (tertiary/aromatic N) is 1. The summed E-state index contributed by atoms with van der Waals surface area (Å²) in [5.74, 6) is 1.75. The van der Waals surface area contributed by atoms with Crippen LogP contribution in [-0.2, 0) is 0 Å². The van der Waals surface area contributed by atoms with Crippen molar-refractivity contribution >= 4 is 23.4 Å². The highest BCUT2D eigenvalue weighted by Crippen LogP contribution is 2.21. The lowest BCUT2D eigenvalue weighted by Crippen LogP contribution is -2.32. The van der Waals surface area contributed by atoms with E-state index >= 15 is 0 Å². The van der Waals surface area contributed by atoms with Gasteiger partial charge in [-0.3, -0.25) is 5.32 Å². The molecular formula is C14H16ClN3O3. The van der Waals surface area contributed by atoms with Crippen molar-refractivity contribution in [1.29, 1.82) is 0 Å². The fraction of sp³-hybridized carbons (Fsp3) is 0.286. The molecule has 1 aromatic carbocycles. The van der Waals surface area contributed by atoms with Crippen LogP contribution in [0.1, 0.15) is 11.3 Å². The van der Waals surface area contributed by atoms with Crippen LogP contribution in [0.3, 0.4) is 0 Å². The van der Waals surface area contributed by atoms with Crippen LogP contribution in [0, 0.1) is 13.8 Å². The van der Waals surface area contributed by atoms with E-state index in [0.717, 1.165) is 11.3 Å². The lowest BCUT2D eigenvalue weighted by atomic mass is 10.2. The number of aromatic nitrogens is 1. The van der Waals surface area contributed by atoms with Gasteiger partial charge in [0.1, 0.15) is 18.1 Å². The average molecular weight is 310 g/mol. The molecule has 2 amide bonds. The van der Waals surface area contributed by atoms with E-state index in [-0.39, 0.29) is 6.03 Å². The molecule has 21 heavy (non-hydrogen) atoms. The number of urea groups is 1. The summed E-state index contributed by atoms with van der Waals surface area (Å²) in [6.45, 7) is 4.38. The van der Waals surface area contributed by atoms with Crippen LogP contribution in [0.5, 0.6) is 5.75 Å². The Hall–Kier alpha value is -2.21. The standard InChI is InChI=1S/C14H16ClN3O3/c1-9-7-11(15)3-4-12(9)20-6-5-16-14(19)17-13-8-10(2)21-18-13/h3-4,7-8H,5-6H2,1-2H3,(H2,16,17,18,19). The summed E-state index contributed by atoms with van der Waals surface area (Å²) in [7, 11) is 0. The zero-order valence-corrected chi connectivity index (χ0v) is 12.5. The number of carbonyl (C=O) groups is 1. The molecule has 0 unspecified atom stereocenters. The minimum absolute atomic E-state index is 0.355. The second kappa shape index (κ2) is 6.99. The number of hydrogen-bond acceptors (Lipinski definition) is 4. The Labute approximate surface area is 127 Å². The summed E-state index contributed by atoms with van der Waals surface area (Å²) >= 11 is 5.86. The van der Waals surface area contributed by atoms with Crippen molar-refractivity contribution in [2.75, 3.05) is 18.5 Å². The maximum Gasteiger partial charge on any atom is 0.320 e. The van der Waals surface area contributed by atoms with E-state index in [0.29, 0.717) is 29.8 Å². The van der Waals surface area contributed by atoms with Crippen molar-refractivity contribution in [1.82, 2.24) is 10.5 Å². The van der Waals surface area contributed by atoms with Crippen LogP contribution >= 0.6 is 11.6 Å². The molecule has 0 bridgehead atoms. The normalized spacial score (nSPS) is 10.2. The summed E-state index contributed by atoms with van der Waals surface area (Å²) in [4.78, 5) is 11.6. The first-order valence-electron chi connectivity index (χ1n) is 6.42. The number of rotatable bonds is 5. The van der Waals surface area contributed by atoms with Crippen molar-refractivity contribution < 1.29 is 14.1 Å². The highest BCUT2D eigenvalue weighted by Gasteiger charge is 2.05. The first kappa shape index (κ1) is 15.2. The molecule has 0 aliphatic carbocycles. The molecule has 7 heteroatoms. The maximum atomic E-state index is 11.6. The fourth-order valence-electron chi connectivity index (χ4n) is 1.69. The van der Waals surface area contributed by atoms with Crippen molar-refractivity contribution in [2.45, 2.75) is 13.8 Å². The number of benzene rings is 1. The van der Waals surface area contributed by atoms with E-state index in [1.165, 1.54) is 0 Å². The number of carbonyl (C=O) groups excluding carboxylic acids is 1. The number of hydrogen-bond donors (Lipinski definition) is 2. The fourth-order valence-corrected chi connectivity index (χ4v) is 1.91. The molecule has 0 fully saturated rings. The second-order valence-corrected chi connectivity index (χ2v) is 4.90. The Balaban J connectivity index is 1.70. The number of ether oxygens (including phenoxy) is 1. The minimum atomic E-state index is -0.361. The van der Waals surface area contributed by atoms with Crippen LogP contribution in [0.2, 0.25) is 5.02 Å². The van der Waals surface area contributed by atoms with Gasteiger partial charge in [-0.1, -0.05) is 16.8 Å². The zero-order valence-electron chi connectivity index (χ0n) is 11.8. The number of aryl methyl sites for hydroxylation is 2. The largest absolute Gasteiger partial charge is 0.491 e. The lowest BCUT2D eigenvalue weighted by molar-refractivity contribution is 0.247. The molecule has 1 heterocycles. The van der Waals surface area contributed by atoms with Crippen LogP contribution < -0.4 is 15.4 Å². The van der Waals surface area contributed by atoms with Gasteiger partial charge in [0, 0.05) is 11.1 Å². The summed E-state index contributed by atoms with van der Waals surface area (Å²) in [5, 5.41) is 9.54. The van der Waals surface area contributed by atoms with Crippen LogP contribution in [0.25, 0.3) is 0 Å². The Morgan fingerprint density at radius 3 is 2.86 bits per heavy atom. The van der Waals surface area contributed by atoms with E-state index in [4.69, 9.17) is 20.9 Å². The molecular weight excluding hydrogens is 294 g/mol. The number of halogens is 1. The number of amides is 2. The van der Waals surface area contributed by atoms with Crippen molar-refractivity contribution in [3.05, 3.63) is 40.6 Å². The number of nitrogens with one attached hydrogen (secondary N) is 2. The molecule has 1 aromatic heterocycles. The van der Waals surface area contributed by atoms with Gasteiger partial charge in [0.2, 0.25) is 0 Å². The third kappa shape index (κ3) is 4.68. The Bertz CT molecular complexity index is 628. The van der Waals surface area contributed by atoms with E-state index in [1.807, 2.05) is 13.0 Å². The van der Waals surface area contributed by atoms with E-state index in [2.05, 4.69) is 15.8 Å². The minimum Gasteiger partial charge on any atom is -0.491 e. The van der Waals surface area contributed by atoms with Gasteiger partial charge >= 0.3 is 6.03 Å². The average Bonchev–Trinajstić information content (AvgIpc) is 2.82. The van der Waals surface area contributed by atoms with Crippen LogP contribution in [0.15, 0.2) is 28.8 Å². The molecule has 2 rings (SSSR count). The van der Waals surface area contributed by atoms with E-state index < -0.39 is 0 Å². The molecule has 2 N–H and O–H groups in total. The Kier molecular flexibility index (Phi) is 5.05. The monoisotopic (exact) mass is 309 g/mol. The Morgan fingerprint density at radius 2 is 2.19 bits per heavy atom. The molecule has 0 radical (unpaired) electrons. The smallest absolute Gasteiger partial charge is 0.320 e. The highest BCUT2D eigenvalue weighted by atomic mass is 35.5. The van der Waals surface area contributed by atoms with Gasteiger partial charge < -0.3 is 14.6 Å². The molecule has 0 saturated carbocycles. The molecule has 0 spiro atoms. The molecule has 2 aromatic rings. The van der Waals surface area contributed by atoms with E-state index in [9.17, 15) is 4.79 Å². The summed E-state index contributed by atoms with van der Waals surface area (Å²) in [6.07, 6.45) is 0. The van der Waals surface area contributed by atoms with Gasteiger partial charge in [-0.05, 0) is 37.6 Å². The molecule has 0 aliphatic rings. The molecule has 0 atom stereocenters. The van der Waals surface area contributed by atoms with Gasteiger partial charge in [0.15, 0.2) is 5.82 Å². The van der Waals surface area contributed by atoms with Gasteiger partial charge in [0.05, 0.1) is 6.54 Å². The van der Waals surface area contributed by atoms with Crippen molar-refractivity contribution in [2.24, 2.45) is 0 Å². The van der Waals surface area contributed by atoms with Gasteiger partial charge in [0.25, 0.3) is 0 Å². The first-order valence-corrected chi connectivity index (χ1v) is 6.79. The van der Waals surface area contributed by atoms with Gasteiger partial charge in [-0.15, -0.1) is 0 Å². The molecule has 0 saturated heterocycles. The summed E-state index contributed by atoms with van der Waals surface area (Å²) in [5.41, 5.74) is 0.949. The summed E-state index contributed by atoms with van der Waals surface area (Å²) < 4.78 is 10.4. The van der Waals surface area contributed by atoms with Crippen LogP contribution in [-0.4, -0.2) is 24.3 Å². The predicted molar refractivity (Wildman–Crippen MR) is 79.9 cm³/mol. The molecule has 0 aliphatic heterocycles. The van der Waals surface area contributed by atoms with Crippen LogP contribution in [0.4, 0.5) is 10.6 Å². The Morgan fingerprint density at radius 1 is 1.38 bits per heavy atom. The topological polar surface area (TPSA) is 76.4 Å². The first-order chi connectivity index (χ1) is 10.0. The number of anilines is 1. The quantitative estimate of drug-likeness (QED) is 0.832. The molecule has 6 nitrogen and oxygen atoms in total. The third-order valence-electron chi connectivity index (χ3n) is 2.65. The van der Waals surface area contributed by atoms with Crippen molar-refractivity contribution in [3.8, 4) is 5.75 Å². The highest BCUT2D eigenvalue weighted by molar-refractivity contribution is 6.30. The summed E-state index contributed by atoms with van der Waals surface area (Å²) in [6, 6.07) is 6.66. The third-order valence-corrected chi connectivity index (χ3v) is 2.89. The van der Waals surface area contributed by atoms with Gasteiger partial charge in [-0.2, -0.15) is 0 Å².